The van der Waals surface area contributed by atoms with Gasteiger partial charge in [0.2, 0.25) is 0 Å². The van der Waals surface area contributed by atoms with E-state index in [4.69, 9.17) is 0 Å². The molecule has 0 amide bonds. The highest BCUT2D eigenvalue weighted by molar-refractivity contribution is 7.82. The van der Waals surface area contributed by atoms with Crippen LogP contribution in [0.5, 0.6) is 0 Å². The maximum atomic E-state index is 4.23. The first kappa shape index (κ1) is 19.6. The molecule has 0 N–H and O–H groups in total. The first-order chi connectivity index (χ1) is 9.98. The van der Waals surface area contributed by atoms with E-state index >= 15 is 0 Å². The highest BCUT2D eigenvalue weighted by Crippen LogP contribution is 2.18. The third-order valence-electron chi connectivity index (χ3n) is 2.55. The van der Waals surface area contributed by atoms with E-state index in [1.807, 2.05) is 18.2 Å². The molecular formula is C15H18S6. The van der Waals surface area contributed by atoms with Crippen LogP contribution in [0, 0.1) is 0 Å². The Morgan fingerprint density at radius 2 is 0.714 bits per heavy atom. The Morgan fingerprint density at radius 3 is 0.905 bits per heavy atom. The van der Waals surface area contributed by atoms with Crippen molar-refractivity contribution in [3.05, 3.63) is 53.1 Å². The Labute approximate surface area is 160 Å². The summed E-state index contributed by atoms with van der Waals surface area (Å²) >= 11 is 25.1. The van der Waals surface area contributed by atoms with Crippen LogP contribution < -0.4 is 0 Å². The summed E-state index contributed by atoms with van der Waals surface area (Å²) in [6, 6.07) is 12.0. The van der Waals surface area contributed by atoms with Gasteiger partial charge in [-0.25, -0.2) is 0 Å². The van der Waals surface area contributed by atoms with Gasteiger partial charge in [-0.2, -0.15) is 37.9 Å². The second-order valence-corrected chi connectivity index (χ2v) is 6.84. The first-order valence-electron chi connectivity index (χ1n) is 6.14. The standard InChI is InChI=1S/C9H12S3.C6H6S3/c10-4-7-1-8(5-11)3-9(2-7)6-12;7-4-1-5(8)3-6(9)2-4/h1-3,10-12H,4-6H2;1-3,7-9H. The summed E-state index contributed by atoms with van der Waals surface area (Å²) < 4.78 is 0. The predicted octanol–water partition coefficient (Wildman–Crippen LogP) is 5.53. The fourth-order valence-electron chi connectivity index (χ4n) is 1.69. The van der Waals surface area contributed by atoms with Crippen LogP contribution >= 0.6 is 75.8 Å². The van der Waals surface area contributed by atoms with Gasteiger partial charge in [0.25, 0.3) is 0 Å². The van der Waals surface area contributed by atoms with Gasteiger partial charge in [0, 0.05) is 31.9 Å². The molecule has 0 aliphatic rings. The van der Waals surface area contributed by atoms with Crippen LogP contribution in [0.2, 0.25) is 0 Å². The first-order valence-corrected chi connectivity index (χ1v) is 9.38. The highest BCUT2D eigenvalue weighted by atomic mass is 32.1. The molecule has 0 aliphatic carbocycles. The van der Waals surface area contributed by atoms with Gasteiger partial charge in [0.1, 0.15) is 0 Å². The predicted molar refractivity (Wildman–Crippen MR) is 113 cm³/mol. The second-order valence-electron chi connectivity index (χ2n) is 4.34. The summed E-state index contributed by atoms with van der Waals surface area (Å²) in [5.41, 5.74) is 3.73. The van der Waals surface area contributed by atoms with Gasteiger partial charge in [-0.05, 0) is 34.9 Å². The van der Waals surface area contributed by atoms with Gasteiger partial charge >= 0.3 is 0 Å². The fourth-order valence-corrected chi connectivity index (χ4v) is 3.38. The number of benzene rings is 2. The topological polar surface area (TPSA) is 0 Å². The summed E-state index contributed by atoms with van der Waals surface area (Å²) in [5.74, 6) is 2.34. The van der Waals surface area contributed by atoms with Gasteiger partial charge in [-0.3, -0.25) is 0 Å². The molecule has 21 heavy (non-hydrogen) atoms. The normalized spacial score (nSPS) is 10.0. The Kier molecular flexibility index (Phi) is 9.64. The molecule has 0 radical (unpaired) electrons. The lowest BCUT2D eigenvalue weighted by atomic mass is 10.1. The van der Waals surface area contributed by atoms with E-state index in [2.05, 4.69) is 94.0 Å². The Balaban J connectivity index is 0.000000219. The lowest BCUT2D eigenvalue weighted by molar-refractivity contribution is 1.25. The molecule has 0 heterocycles. The molecule has 0 nitrogen and oxygen atoms in total. The molecule has 2 rings (SSSR count). The molecule has 0 aromatic heterocycles. The smallest absolute Gasteiger partial charge is 0.0154 e. The lowest BCUT2D eigenvalue weighted by Crippen LogP contribution is -1.87. The summed E-state index contributed by atoms with van der Waals surface area (Å²) in [6.07, 6.45) is 0. The molecule has 0 fully saturated rings. The summed E-state index contributed by atoms with van der Waals surface area (Å²) in [6.45, 7) is 0. The monoisotopic (exact) mass is 390 g/mol. The minimum Gasteiger partial charge on any atom is -0.175 e. The average molecular weight is 391 g/mol. The maximum absolute atomic E-state index is 4.23. The lowest BCUT2D eigenvalue weighted by Gasteiger charge is -2.04. The van der Waals surface area contributed by atoms with Crippen LogP contribution in [-0.2, 0) is 17.3 Å². The molecule has 2 aromatic carbocycles. The fraction of sp³-hybridized carbons (Fsp3) is 0.200. The van der Waals surface area contributed by atoms with Crippen molar-refractivity contribution in [3.8, 4) is 0 Å². The summed E-state index contributed by atoms with van der Waals surface area (Å²) in [4.78, 5) is 2.69. The van der Waals surface area contributed by atoms with Crippen molar-refractivity contribution in [2.45, 2.75) is 31.9 Å². The minimum absolute atomic E-state index is 0.780. The molecule has 0 atom stereocenters. The van der Waals surface area contributed by atoms with E-state index in [1.165, 1.54) is 16.7 Å². The van der Waals surface area contributed by atoms with Gasteiger partial charge in [-0.1, -0.05) is 18.2 Å². The van der Waals surface area contributed by atoms with Crippen LogP contribution in [0.1, 0.15) is 16.7 Å². The van der Waals surface area contributed by atoms with Gasteiger partial charge < -0.3 is 0 Å². The van der Waals surface area contributed by atoms with Crippen molar-refractivity contribution in [1.29, 1.82) is 0 Å². The largest absolute Gasteiger partial charge is 0.175 e. The van der Waals surface area contributed by atoms with Gasteiger partial charge in [-0.15, -0.1) is 37.9 Å². The highest BCUT2D eigenvalue weighted by Gasteiger charge is 1.97. The third-order valence-corrected chi connectivity index (χ3v) is 4.42. The summed E-state index contributed by atoms with van der Waals surface area (Å²) in [7, 11) is 0. The van der Waals surface area contributed by atoms with Crippen molar-refractivity contribution in [1.82, 2.24) is 0 Å². The molecule has 114 valence electrons. The zero-order valence-electron chi connectivity index (χ0n) is 11.3. The zero-order chi connectivity index (χ0) is 15.8. The van der Waals surface area contributed by atoms with E-state index in [1.54, 1.807) is 0 Å². The molecule has 0 aliphatic heterocycles. The van der Waals surface area contributed by atoms with Crippen molar-refractivity contribution in [2.75, 3.05) is 0 Å². The van der Waals surface area contributed by atoms with Crippen molar-refractivity contribution in [3.63, 3.8) is 0 Å². The minimum atomic E-state index is 0.780. The zero-order valence-corrected chi connectivity index (χ0v) is 16.6. The van der Waals surface area contributed by atoms with Crippen molar-refractivity contribution in [2.24, 2.45) is 0 Å². The Morgan fingerprint density at radius 1 is 0.476 bits per heavy atom. The Hall–Kier alpha value is 0.540. The van der Waals surface area contributed by atoms with Crippen LogP contribution in [0.4, 0.5) is 0 Å². The number of rotatable bonds is 3. The summed E-state index contributed by atoms with van der Waals surface area (Å²) in [5, 5.41) is 0. The molecule has 0 spiro atoms. The molecule has 0 saturated carbocycles. The SMILES string of the molecule is SCc1cc(CS)cc(CS)c1.Sc1cc(S)cc(S)c1. The van der Waals surface area contributed by atoms with Crippen LogP contribution in [-0.4, -0.2) is 0 Å². The second kappa shape index (κ2) is 10.3. The molecule has 0 saturated heterocycles. The average Bonchev–Trinajstić information content (AvgIpc) is 2.45. The molecule has 6 heteroatoms. The van der Waals surface area contributed by atoms with Crippen molar-refractivity contribution < 1.29 is 0 Å². The quantitative estimate of drug-likeness (QED) is 0.365. The van der Waals surface area contributed by atoms with E-state index < -0.39 is 0 Å². The van der Waals surface area contributed by atoms with Crippen LogP contribution in [0.3, 0.4) is 0 Å². The molecule has 2 aromatic rings. The van der Waals surface area contributed by atoms with Gasteiger partial charge in [0.05, 0.1) is 0 Å². The molecule has 0 bridgehead atoms. The maximum Gasteiger partial charge on any atom is 0.0154 e. The van der Waals surface area contributed by atoms with Crippen molar-refractivity contribution >= 4 is 75.8 Å². The number of thiol groups is 6. The van der Waals surface area contributed by atoms with Crippen LogP contribution in [0.25, 0.3) is 0 Å². The molecular weight excluding hydrogens is 373 g/mol. The van der Waals surface area contributed by atoms with E-state index in [-0.39, 0.29) is 0 Å². The van der Waals surface area contributed by atoms with E-state index in [0.29, 0.717) is 0 Å². The van der Waals surface area contributed by atoms with E-state index in [0.717, 1.165) is 31.9 Å². The third kappa shape index (κ3) is 7.57. The number of hydrogen-bond acceptors (Lipinski definition) is 6. The van der Waals surface area contributed by atoms with Gasteiger partial charge in [0.15, 0.2) is 0 Å². The van der Waals surface area contributed by atoms with E-state index in [9.17, 15) is 0 Å². The molecule has 0 unspecified atom stereocenters. The number of hydrogen-bond donors (Lipinski definition) is 6. The van der Waals surface area contributed by atoms with Crippen LogP contribution in [0.15, 0.2) is 51.1 Å². The Bertz CT molecular complexity index is 477.